The molecule has 182 valence electrons. The van der Waals surface area contributed by atoms with E-state index in [-0.39, 0.29) is 49.1 Å². The first kappa shape index (κ1) is 25.5. The minimum atomic E-state index is -1.15. The summed E-state index contributed by atoms with van der Waals surface area (Å²) in [7, 11) is 0. The Morgan fingerprint density at radius 1 is 1.18 bits per heavy atom. The lowest BCUT2D eigenvalue weighted by atomic mass is 9.85. The molecule has 8 atom stereocenters. The van der Waals surface area contributed by atoms with E-state index in [1.807, 2.05) is 6.92 Å². The number of benzene rings is 1. The van der Waals surface area contributed by atoms with Gasteiger partial charge in [0.05, 0.1) is 43.5 Å². The molecule has 2 saturated heterocycles. The van der Waals surface area contributed by atoms with Crippen molar-refractivity contribution in [2.75, 3.05) is 13.2 Å². The highest BCUT2D eigenvalue weighted by Gasteiger charge is 2.48. The van der Waals surface area contributed by atoms with E-state index >= 15 is 0 Å². The summed E-state index contributed by atoms with van der Waals surface area (Å²) >= 11 is 0. The fourth-order valence-corrected chi connectivity index (χ4v) is 4.18. The first-order chi connectivity index (χ1) is 15.7. The lowest BCUT2D eigenvalue weighted by Gasteiger charge is -2.37. The molecule has 2 heterocycles. The number of hydrogen-bond acceptors (Lipinski definition) is 8. The highest BCUT2D eigenvalue weighted by atomic mass is 16.6. The molecule has 2 aliphatic heterocycles. The summed E-state index contributed by atoms with van der Waals surface area (Å²) in [5, 5.41) is 30.7. The maximum absolute atomic E-state index is 12.5. The van der Waals surface area contributed by atoms with Crippen molar-refractivity contribution >= 4 is 11.6 Å². The number of aliphatic hydroxyl groups excluding tert-OH is 3. The van der Waals surface area contributed by atoms with Crippen LogP contribution in [0.1, 0.15) is 43.5 Å². The summed E-state index contributed by atoms with van der Waals surface area (Å²) < 4.78 is 16.7. The number of ether oxygens (including phenoxy) is 3. The summed E-state index contributed by atoms with van der Waals surface area (Å²) in [4.78, 5) is 24.9. The topological polar surface area (TPSA) is 126 Å². The van der Waals surface area contributed by atoms with Gasteiger partial charge in [0.25, 0.3) is 0 Å². The lowest BCUT2D eigenvalue weighted by Crippen LogP contribution is -2.51. The van der Waals surface area contributed by atoms with Gasteiger partial charge in [0.2, 0.25) is 0 Å². The molecule has 2 fully saturated rings. The third-order valence-electron chi connectivity index (χ3n) is 6.50. The second-order valence-electron chi connectivity index (χ2n) is 9.05. The van der Waals surface area contributed by atoms with Gasteiger partial charge in [-0.1, -0.05) is 19.6 Å². The first-order valence-electron chi connectivity index (χ1n) is 11.4. The average molecular weight is 463 g/mol. The summed E-state index contributed by atoms with van der Waals surface area (Å²) in [5.74, 6) is -0.643. The fourth-order valence-electron chi connectivity index (χ4n) is 4.18. The van der Waals surface area contributed by atoms with E-state index in [2.05, 4.69) is 6.58 Å². The molecular weight excluding hydrogens is 428 g/mol. The van der Waals surface area contributed by atoms with Gasteiger partial charge in [0.15, 0.2) is 5.78 Å². The molecule has 2 aliphatic rings. The quantitative estimate of drug-likeness (QED) is 0.185. The number of ketones is 2. The van der Waals surface area contributed by atoms with Gasteiger partial charge in [0.1, 0.15) is 24.2 Å². The van der Waals surface area contributed by atoms with Crippen LogP contribution in [0.3, 0.4) is 0 Å². The molecule has 8 nitrogen and oxygen atoms in total. The zero-order valence-electron chi connectivity index (χ0n) is 19.1. The minimum Gasteiger partial charge on any atom is -0.490 e. The molecule has 8 heteroatoms. The number of rotatable bonds is 12. The van der Waals surface area contributed by atoms with Crippen molar-refractivity contribution in [3.05, 3.63) is 42.5 Å². The summed E-state index contributed by atoms with van der Waals surface area (Å²) in [5.41, 5.74) is 0.403. The average Bonchev–Trinajstić information content (AvgIpc) is 3.56. The van der Waals surface area contributed by atoms with Crippen molar-refractivity contribution in [2.45, 2.75) is 69.7 Å². The predicted molar refractivity (Wildman–Crippen MR) is 120 cm³/mol. The molecule has 0 aromatic heterocycles. The van der Waals surface area contributed by atoms with Gasteiger partial charge in [-0.25, -0.2) is 0 Å². The van der Waals surface area contributed by atoms with Crippen LogP contribution in [-0.4, -0.2) is 76.7 Å². The van der Waals surface area contributed by atoms with Crippen molar-refractivity contribution in [3.8, 4) is 5.75 Å². The molecular formula is C25H34O8. The van der Waals surface area contributed by atoms with Crippen LogP contribution in [0.2, 0.25) is 0 Å². The third kappa shape index (κ3) is 6.71. The molecule has 0 bridgehead atoms. The van der Waals surface area contributed by atoms with Crippen LogP contribution in [0.4, 0.5) is 0 Å². The smallest absolute Gasteiger partial charge is 0.170 e. The standard InChI is InChI=1S/C25H34O8/c1-4-9-31-19-7-5-16(6-8-19)20(28)11-18(27)10-17-13-32-21(24(30)23(17)29)12-22-25(33-22)14(2)15(3)26/h4-8,14-15,17,21-26,29-30H,1,9-13H2,2-3H3/t14-,15-,17-,21-,22-,23?,24?,25-/m0/s1. The number of carbonyl (C=O) groups excluding carboxylic acids is 2. The Balaban J connectivity index is 1.45. The van der Waals surface area contributed by atoms with Crippen LogP contribution in [0.5, 0.6) is 5.75 Å². The van der Waals surface area contributed by atoms with Crippen LogP contribution in [0.25, 0.3) is 0 Å². The first-order valence-corrected chi connectivity index (χ1v) is 11.4. The lowest BCUT2D eigenvalue weighted by molar-refractivity contribution is -0.170. The largest absolute Gasteiger partial charge is 0.490 e. The van der Waals surface area contributed by atoms with Gasteiger partial charge < -0.3 is 29.5 Å². The Labute approximate surface area is 194 Å². The van der Waals surface area contributed by atoms with Crippen molar-refractivity contribution in [3.63, 3.8) is 0 Å². The number of hydrogen-bond donors (Lipinski definition) is 3. The van der Waals surface area contributed by atoms with Gasteiger partial charge in [0, 0.05) is 30.2 Å². The van der Waals surface area contributed by atoms with E-state index in [0.717, 1.165) is 0 Å². The van der Waals surface area contributed by atoms with Crippen LogP contribution in [0.15, 0.2) is 36.9 Å². The zero-order chi connectivity index (χ0) is 24.1. The van der Waals surface area contributed by atoms with Crippen molar-refractivity contribution in [2.24, 2.45) is 11.8 Å². The molecule has 0 amide bonds. The normalized spacial score (nSPS) is 30.8. The Kier molecular flexibility index (Phi) is 8.78. The van der Waals surface area contributed by atoms with Crippen LogP contribution < -0.4 is 4.74 Å². The van der Waals surface area contributed by atoms with Crippen LogP contribution in [-0.2, 0) is 14.3 Å². The van der Waals surface area contributed by atoms with E-state index in [1.54, 1.807) is 37.3 Å². The van der Waals surface area contributed by atoms with Gasteiger partial charge in [-0.2, -0.15) is 0 Å². The van der Waals surface area contributed by atoms with Crippen LogP contribution >= 0.6 is 0 Å². The number of carbonyl (C=O) groups is 2. The molecule has 1 aromatic carbocycles. The molecule has 2 unspecified atom stereocenters. The fraction of sp³-hybridized carbons (Fsp3) is 0.600. The van der Waals surface area contributed by atoms with E-state index in [9.17, 15) is 24.9 Å². The van der Waals surface area contributed by atoms with E-state index in [1.165, 1.54) is 0 Å². The van der Waals surface area contributed by atoms with E-state index < -0.39 is 30.3 Å². The van der Waals surface area contributed by atoms with Crippen LogP contribution in [0, 0.1) is 11.8 Å². The highest BCUT2D eigenvalue weighted by Crippen LogP contribution is 2.37. The SMILES string of the molecule is C=CCOc1ccc(C(=O)CC(=O)C[C@H]2CO[C@@H](C[C@@H]3O[C@H]3[C@@H](C)[C@H](C)O)C(O)C2O)cc1. The number of epoxide rings is 1. The molecule has 1 aromatic rings. The monoisotopic (exact) mass is 462 g/mol. The molecule has 0 saturated carbocycles. The number of Topliss-reactive ketones (excluding diaryl/α,β-unsaturated/α-hetero) is 2. The molecule has 33 heavy (non-hydrogen) atoms. The second-order valence-corrected chi connectivity index (χ2v) is 9.05. The van der Waals surface area contributed by atoms with Crippen molar-refractivity contribution in [1.29, 1.82) is 0 Å². The molecule has 0 radical (unpaired) electrons. The Morgan fingerprint density at radius 3 is 2.52 bits per heavy atom. The minimum absolute atomic E-state index is 0.0283. The third-order valence-corrected chi connectivity index (χ3v) is 6.50. The summed E-state index contributed by atoms with van der Waals surface area (Å²) in [6, 6.07) is 6.53. The Morgan fingerprint density at radius 2 is 1.88 bits per heavy atom. The van der Waals surface area contributed by atoms with Gasteiger partial charge in [-0.05, 0) is 31.2 Å². The summed E-state index contributed by atoms with van der Waals surface area (Å²) in [6.07, 6.45) is -1.92. The van der Waals surface area contributed by atoms with Crippen molar-refractivity contribution in [1.82, 2.24) is 0 Å². The summed E-state index contributed by atoms with van der Waals surface area (Å²) in [6.45, 7) is 7.65. The maximum atomic E-state index is 12.5. The second kappa shape index (κ2) is 11.4. The Hall–Kier alpha value is -2.10. The van der Waals surface area contributed by atoms with Gasteiger partial charge >= 0.3 is 0 Å². The van der Waals surface area contributed by atoms with Gasteiger partial charge in [-0.3, -0.25) is 9.59 Å². The molecule has 3 N–H and O–H groups in total. The maximum Gasteiger partial charge on any atom is 0.170 e. The molecule has 0 spiro atoms. The van der Waals surface area contributed by atoms with E-state index in [0.29, 0.717) is 24.3 Å². The highest BCUT2D eigenvalue weighted by molar-refractivity contribution is 6.08. The Bertz CT molecular complexity index is 820. The van der Waals surface area contributed by atoms with Crippen molar-refractivity contribution < 1.29 is 39.1 Å². The molecule has 0 aliphatic carbocycles. The molecule has 3 rings (SSSR count). The predicted octanol–water partition coefficient (Wildman–Crippen LogP) is 1.69. The van der Waals surface area contributed by atoms with E-state index in [4.69, 9.17) is 14.2 Å². The van der Waals surface area contributed by atoms with Gasteiger partial charge in [-0.15, -0.1) is 0 Å². The zero-order valence-corrected chi connectivity index (χ0v) is 19.1. The number of aliphatic hydroxyl groups is 3.